The van der Waals surface area contributed by atoms with Crippen molar-refractivity contribution in [2.24, 2.45) is 0 Å². The summed E-state index contributed by atoms with van der Waals surface area (Å²) >= 11 is 3.74. The number of rotatable bonds is 1. The molecule has 0 unspecified atom stereocenters. The Balaban J connectivity index is 3.26. The van der Waals surface area contributed by atoms with Crippen LogP contribution in [0.5, 0.6) is 0 Å². The van der Waals surface area contributed by atoms with Gasteiger partial charge in [0.15, 0.2) is 0 Å². The van der Waals surface area contributed by atoms with Crippen molar-refractivity contribution >= 4 is 51.3 Å². The van der Waals surface area contributed by atoms with Crippen molar-refractivity contribution in [2.45, 2.75) is 0 Å². The van der Waals surface area contributed by atoms with Crippen molar-refractivity contribution in [2.75, 3.05) is 0 Å². The highest BCUT2D eigenvalue weighted by molar-refractivity contribution is 14.1. The zero-order valence-electron chi connectivity index (χ0n) is 7.26. The lowest BCUT2D eigenvalue weighted by Crippen LogP contribution is -1.89. The summed E-state index contributed by atoms with van der Waals surface area (Å²) in [6.45, 7) is 0. The maximum atomic E-state index is 13.2. The molecular formula is C10H3FI2N2. The summed E-state index contributed by atoms with van der Waals surface area (Å²) in [7, 11) is 0. The van der Waals surface area contributed by atoms with Crippen molar-refractivity contribution in [1.29, 1.82) is 10.5 Å². The number of hydrogen-bond acceptors (Lipinski definition) is 2. The van der Waals surface area contributed by atoms with E-state index in [2.05, 4.69) is 0 Å². The minimum atomic E-state index is -0.274. The smallest absolute Gasteiger partial charge is 0.149 e. The van der Waals surface area contributed by atoms with Crippen LogP contribution in [-0.2, 0) is 0 Å². The first-order valence-electron chi connectivity index (χ1n) is 3.75. The second kappa shape index (κ2) is 5.42. The Labute approximate surface area is 114 Å². The Morgan fingerprint density at radius 2 is 1.67 bits per heavy atom. The summed E-state index contributed by atoms with van der Waals surface area (Å²) in [5.41, 5.74) is 0.663. The van der Waals surface area contributed by atoms with E-state index in [9.17, 15) is 4.39 Å². The zero-order valence-corrected chi connectivity index (χ0v) is 11.6. The van der Waals surface area contributed by atoms with E-state index >= 15 is 0 Å². The van der Waals surface area contributed by atoms with Gasteiger partial charge in [-0.3, -0.25) is 0 Å². The van der Waals surface area contributed by atoms with Gasteiger partial charge in [0.1, 0.15) is 23.5 Å². The molecule has 0 bridgehead atoms. The normalized spacial score (nSPS) is 8.87. The lowest BCUT2D eigenvalue weighted by atomic mass is 10.1. The number of allylic oxidation sites excluding steroid dienone is 1. The molecule has 0 fully saturated rings. The standard InChI is InChI=1S/C10H3FI2N2/c11-10-8(12)2-6(3-9(10)13)1-7(4-14)5-15/h1-3H. The Hall–Kier alpha value is -0.670. The molecule has 1 rings (SSSR count). The van der Waals surface area contributed by atoms with Gasteiger partial charge < -0.3 is 0 Å². The molecule has 15 heavy (non-hydrogen) atoms. The zero-order chi connectivity index (χ0) is 11.4. The van der Waals surface area contributed by atoms with Gasteiger partial charge in [0, 0.05) is 0 Å². The molecule has 2 nitrogen and oxygen atoms in total. The van der Waals surface area contributed by atoms with E-state index in [1.165, 1.54) is 6.08 Å². The van der Waals surface area contributed by atoms with E-state index in [1.54, 1.807) is 24.3 Å². The summed E-state index contributed by atoms with van der Waals surface area (Å²) in [4.78, 5) is 0. The summed E-state index contributed by atoms with van der Waals surface area (Å²) < 4.78 is 14.2. The van der Waals surface area contributed by atoms with E-state index in [-0.39, 0.29) is 11.4 Å². The predicted molar refractivity (Wildman–Crippen MR) is 71.0 cm³/mol. The van der Waals surface area contributed by atoms with Crippen LogP contribution in [0, 0.1) is 35.6 Å². The Bertz CT molecular complexity index is 470. The minimum Gasteiger partial charge on any atom is -0.205 e. The van der Waals surface area contributed by atoms with Crippen LogP contribution in [0.15, 0.2) is 17.7 Å². The molecule has 0 radical (unpaired) electrons. The number of hydrogen-bond donors (Lipinski definition) is 0. The fourth-order valence-corrected chi connectivity index (χ4v) is 2.73. The predicted octanol–water partition coefficient (Wildman–Crippen LogP) is 3.47. The molecule has 0 spiro atoms. The number of nitrogens with zero attached hydrogens (tertiary/aromatic N) is 2. The lowest BCUT2D eigenvalue weighted by Gasteiger charge is -2.00. The van der Waals surface area contributed by atoms with Gasteiger partial charge in [-0.2, -0.15) is 10.5 Å². The van der Waals surface area contributed by atoms with Crippen LogP contribution < -0.4 is 0 Å². The quantitative estimate of drug-likeness (QED) is 0.394. The highest BCUT2D eigenvalue weighted by atomic mass is 127. The van der Waals surface area contributed by atoms with Crippen LogP contribution in [-0.4, -0.2) is 0 Å². The molecule has 0 atom stereocenters. The van der Waals surface area contributed by atoms with Gasteiger partial charge in [-0.05, 0) is 69.0 Å². The number of nitriles is 2. The van der Waals surface area contributed by atoms with E-state index in [0.29, 0.717) is 12.7 Å². The van der Waals surface area contributed by atoms with Gasteiger partial charge in [-0.1, -0.05) is 0 Å². The molecule has 0 aromatic heterocycles. The van der Waals surface area contributed by atoms with Crippen LogP contribution in [0.25, 0.3) is 6.08 Å². The van der Waals surface area contributed by atoms with Crippen LogP contribution in [0.2, 0.25) is 0 Å². The Morgan fingerprint density at radius 1 is 1.20 bits per heavy atom. The van der Waals surface area contributed by atoms with Crippen LogP contribution in [0.4, 0.5) is 4.39 Å². The van der Waals surface area contributed by atoms with Crippen molar-refractivity contribution in [3.05, 3.63) is 36.2 Å². The summed E-state index contributed by atoms with van der Waals surface area (Å²) in [6.07, 6.45) is 1.43. The Kier molecular flexibility index (Phi) is 4.48. The van der Waals surface area contributed by atoms with Gasteiger partial charge in [-0.15, -0.1) is 0 Å². The average molecular weight is 424 g/mol. The third-order valence-electron chi connectivity index (χ3n) is 1.56. The van der Waals surface area contributed by atoms with Gasteiger partial charge in [0.25, 0.3) is 0 Å². The topological polar surface area (TPSA) is 47.6 Å². The molecule has 5 heteroatoms. The van der Waals surface area contributed by atoms with E-state index in [0.717, 1.165) is 0 Å². The molecule has 0 saturated heterocycles. The molecule has 0 amide bonds. The fraction of sp³-hybridized carbons (Fsp3) is 0. The van der Waals surface area contributed by atoms with E-state index in [1.807, 2.05) is 45.2 Å². The van der Waals surface area contributed by atoms with Crippen LogP contribution >= 0.6 is 45.2 Å². The molecule has 0 aliphatic carbocycles. The first kappa shape index (κ1) is 12.4. The molecule has 1 aromatic carbocycles. The largest absolute Gasteiger partial charge is 0.205 e. The molecule has 0 heterocycles. The van der Waals surface area contributed by atoms with Gasteiger partial charge in [0.05, 0.1) is 7.14 Å². The first-order chi connectivity index (χ1) is 7.08. The summed E-state index contributed by atoms with van der Waals surface area (Å²) in [5, 5.41) is 17.1. The SMILES string of the molecule is N#CC(C#N)=Cc1cc(I)c(F)c(I)c1. The third-order valence-corrected chi connectivity index (χ3v) is 3.13. The van der Waals surface area contributed by atoms with Crippen molar-refractivity contribution in [3.63, 3.8) is 0 Å². The van der Waals surface area contributed by atoms with Gasteiger partial charge >= 0.3 is 0 Å². The molecule has 0 saturated carbocycles. The Morgan fingerprint density at radius 3 is 2.07 bits per heavy atom. The average Bonchev–Trinajstić information content (AvgIpc) is 2.22. The number of benzene rings is 1. The highest BCUT2D eigenvalue weighted by Gasteiger charge is 2.05. The fourth-order valence-electron chi connectivity index (χ4n) is 0.915. The van der Waals surface area contributed by atoms with Gasteiger partial charge in [-0.25, -0.2) is 4.39 Å². The summed E-state index contributed by atoms with van der Waals surface area (Å²) in [5.74, 6) is -0.274. The lowest BCUT2D eigenvalue weighted by molar-refractivity contribution is 0.612. The minimum absolute atomic E-state index is 0.00760. The van der Waals surface area contributed by atoms with E-state index < -0.39 is 0 Å². The molecule has 0 N–H and O–H groups in total. The second-order valence-electron chi connectivity index (χ2n) is 2.58. The third kappa shape index (κ3) is 3.14. The monoisotopic (exact) mass is 424 g/mol. The number of halogens is 3. The first-order valence-corrected chi connectivity index (χ1v) is 5.90. The van der Waals surface area contributed by atoms with E-state index in [4.69, 9.17) is 10.5 Å². The highest BCUT2D eigenvalue weighted by Crippen LogP contribution is 2.21. The van der Waals surface area contributed by atoms with Crippen molar-refractivity contribution in [3.8, 4) is 12.1 Å². The van der Waals surface area contributed by atoms with Crippen LogP contribution in [0.1, 0.15) is 5.56 Å². The molecular weight excluding hydrogens is 421 g/mol. The maximum absolute atomic E-state index is 13.2. The van der Waals surface area contributed by atoms with Gasteiger partial charge in [0.2, 0.25) is 0 Å². The molecule has 0 aliphatic rings. The summed E-state index contributed by atoms with van der Waals surface area (Å²) in [6, 6.07) is 6.69. The van der Waals surface area contributed by atoms with Crippen LogP contribution in [0.3, 0.4) is 0 Å². The molecule has 74 valence electrons. The van der Waals surface area contributed by atoms with Crippen molar-refractivity contribution in [1.82, 2.24) is 0 Å². The molecule has 1 aromatic rings. The van der Waals surface area contributed by atoms with Crippen molar-refractivity contribution < 1.29 is 4.39 Å². The molecule has 0 aliphatic heterocycles. The second-order valence-corrected chi connectivity index (χ2v) is 4.90. The maximum Gasteiger partial charge on any atom is 0.149 e.